The van der Waals surface area contributed by atoms with Crippen molar-refractivity contribution in [1.82, 2.24) is 24.6 Å². The van der Waals surface area contributed by atoms with Gasteiger partial charge in [0.25, 0.3) is 5.91 Å². The number of nitrogens with two attached hydrogens (primary N) is 1. The number of carbonyl (C=O) groups excluding carboxylic acids is 1. The van der Waals surface area contributed by atoms with E-state index in [1.165, 1.54) is 6.07 Å². The van der Waals surface area contributed by atoms with Crippen LogP contribution in [0.5, 0.6) is 0 Å². The zero-order chi connectivity index (χ0) is 22.2. The minimum absolute atomic E-state index is 0.0873. The van der Waals surface area contributed by atoms with Crippen molar-refractivity contribution in [3.63, 3.8) is 0 Å². The Balaban J connectivity index is 1.73. The van der Waals surface area contributed by atoms with Gasteiger partial charge in [-0.2, -0.15) is 5.10 Å². The molecule has 3 N–H and O–H groups in total. The van der Waals surface area contributed by atoms with Gasteiger partial charge in [0.1, 0.15) is 5.69 Å². The number of rotatable bonds is 3. The molecule has 4 rings (SSSR count). The van der Waals surface area contributed by atoms with Crippen LogP contribution in [-0.4, -0.2) is 54.9 Å². The highest BCUT2D eigenvalue weighted by Gasteiger charge is 2.36. The molecule has 0 saturated carbocycles. The van der Waals surface area contributed by atoms with Crippen LogP contribution in [-0.2, 0) is 0 Å². The van der Waals surface area contributed by atoms with Crippen LogP contribution in [0, 0.1) is 18.8 Å². The topological polar surface area (TPSA) is 110 Å². The SMILES string of the molecule is C=C1N(C)CC[C@@]1(O)C#Cc1cccc(-c2nc(C(N)=O)cc(-n3ccc(C)n3)n2)c1. The summed E-state index contributed by atoms with van der Waals surface area (Å²) in [5.74, 6) is 6.06. The molecular weight excluding hydrogens is 392 g/mol. The third kappa shape index (κ3) is 4.04. The third-order valence-electron chi connectivity index (χ3n) is 5.20. The van der Waals surface area contributed by atoms with Crippen molar-refractivity contribution in [3.05, 3.63) is 71.8 Å². The Kier molecular flexibility index (Phi) is 5.05. The smallest absolute Gasteiger partial charge is 0.267 e. The van der Waals surface area contributed by atoms with E-state index in [4.69, 9.17) is 5.73 Å². The summed E-state index contributed by atoms with van der Waals surface area (Å²) in [5, 5.41) is 15.1. The molecule has 0 aliphatic carbocycles. The number of likely N-dealkylation sites (tertiary alicyclic amines) is 1. The second-order valence-corrected chi connectivity index (χ2v) is 7.51. The number of likely N-dealkylation sites (N-methyl/N-ethyl adjacent to an activating group) is 1. The lowest BCUT2D eigenvalue weighted by Gasteiger charge is -2.19. The summed E-state index contributed by atoms with van der Waals surface area (Å²) in [6.45, 7) is 6.50. The van der Waals surface area contributed by atoms with E-state index < -0.39 is 11.5 Å². The fourth-order valence-corrected chi connectivity index (χ4v) is 3.32. The zero-order valence-electron chi connectivity index (χ0n) is 17.3. The summed E-state index contributed by atoms with van der Waals surface area (Å²) in [6, 6.07) is 10.6. The van der Waals surface area contributed by atoms with Gasteiger partial charge < -0.3 is 15.7 Å². The number of hydrogen-bond acceptors (Lipinski definition) is 6. The first kappa shape index (κ1) is 20.3. The monoisotopic (exact) mass is 414 g/mol. The van der Waals surface area contributed by atoms with Crippen molar-refractivity contribution < 1.29 is 9.90 Å². The molecular formula is C23H22N6O2. The lowest BCUT2D eigenvalue weighted by molar-refractivity contribution is 0.0995. The Morgan fingerprint density at radius 1 is 1.29 bits per heavy atom. The molecule has 3 aromatic rings. The fourth-order valence-electron chi connectivity index (χ4n) is 3.32. The van der Waals surface area contributed by atoms with Gasteiger partial charge in [-0.15, -0.1) is 0 Å². The maximum atomic E-state index is 11.8. The van der Waals surface area contributed by atoms with E-state index >= 15 is 0 Å². The standard InChI is InChI=1S/C23H22N6O2/c1-15-8-11-29(27-15)20-14-19(21(24)30)25-22(26-20)18-6-4-5-17(13-18)7-9-23(31)10-12-28(3)16(23)2/h4-6,8,11,13-14,31H,2,10,12H2,1,3H3,(H2,24,30)/t23-/m0/s1. The summed E-state index contributed by atoms with van der Waals surface area (Å²) >= 11 is 0. The summed E-state index contributed by atoms with van der Waals surface area (Å²) in [5.41, 5.74) is 7.07. The molecule has 0 bridgehead atoms. The van der Waals surface area contributed by atoms with Crippen LogP contribution >= 0.6 is 0 Å². The maximum Gasteiger partial charge on any atom is 0.267 e. The first-order valence-corrected chi connectivity index (χ1v) is 9.73. The number of benzene rings is 1. The van der Waals surface area contributed by atoms with E-state index in [2.05, 4.69) is 33.5 Å². The van der Waals surface area contributed by atoms with Gasteiger partial charge in [0, 0.05) is 43.4 Å². The van der Waals surface area contributed by atoms with Crippen LogP contribution in [0.1, 0.15) is 28.2 Å². The van der Waals surface area contributed by atoms with E-state index in [1.54, 1.807) is 16.9 Å². The first-order chi connectivity index (χ1) is 14.7. The van der Waals surface area contributed by atoms with Gasteiger partial charge in [-0.05, 0) is 25.1 Å². The molecule has 0 unspecified atom stereocenters. The molecule has 2 aromatic heterocycles. The number of hydrogen-bond donors (Lipinski definition) is 2. The number of amides is 1. The summed E-state index contributed by atoms with van der Waals surface area (Å²) in [4.78, 5) is 22.6. The quantitative estimate of drug-likeness (QED) is 0.631. The van der Waals surface area contributed by atoms with Crippen LogP contribution in [0.2, 0.25) is 0 Å². The van der Waals surface area contributed by atoms with Gasteiger partial charge in [-0.1, -0.05) is 30.6 Å². The van der Waals surface area contributed by atoms with Crippen molar-refractivity contribution >= 4 is 5.91 Å². The van der Waals surface area contributed by atoms with Gasteiger partial charge in [0.2, 0.25) is 0 Å². The number of aliphatic hydroxyl groups is 1. The highest BCUT2D eigenvalue weighted by molar-refractivity contribution is 5.91. The minimum Gasteiger partial charge on any atom is -0.375 e. The first-order valence-electron chi connectivity index (χ1n) is 9.73. The van der Waals surface area contributed by atoms with Crippen molar-refractivity contribution in [3.8, 4) is 29.0 Å². The van der Waals surface area contributed by atoms with Gasteiger partial charge in [0.05, 0.1) is 11.4 Å². The molecule has 1 aromatic carbocycles. The van der Waals surface area contributed by atoms with Crippen LogP contribution in [0.25, 0.3) is 17.2 Å². The van der Waals surface area contributed by atoms with Crippen LogP contribution in [0.15, 0.2) is 54.9 Å². The van der Waals surface area contributed by atoms with Crippen molar-refractivity contribution in [2.45, 2.75) is 18.9 Å². The largest absolute Gasteiger partial charge is 0.375 e. The zero-order valence-corrected chi connectivity index (χ0v) is 17.3. The lowest BCUT2D eigenvalue weighted by Crippen LogP contribution is -2.26. The molecule has 156 valence electrons. The molecule has 0 spiro atoms. The Labute approximate surface area is 180 Å². The van der Waals surface area contributed by atoms with E-state index in [1.807, 2.05) is 43.1 Å². The van der Waals surface area contributed by atoms with Gasteiger partial charge >= 0.3 is 0 Å². The van der Waals surface area contributed by atoms with E-state index in [9.17, 15) is 9.90 Å². The third-order valence-corrected chi connectivity index (χ3v) is 5.20. The second-order valence-electron chi connectivity index (χ2n) is 7.51. The molecule has 1 aliphatic heterocycles. The summed E-state index contributed by atoms with van der Waals surface area (Å²) in [7, 11) is 1.88. The second kappa shape index (κ2) is 7.70. The van der Waals surface area contributed by atoms with Crippen LogP contribution in [0.4, 0.5) is 0 Å². The number of primary amides is 1. The molecule has 8 nitrogen and oxygen atoms in total. The Morgan fingerprint density at radius 3 is 2.74 bits per heavy atom. The molecule has 3 heterocycles. The minimum atomic E-state index is -1.24. The summed E-state index contributed by atoms with van der Waals surface area (Å²) in [6.07, 6.45) is 2.26. The van der Waals surface area contributed by atoms with Crippen molar-refractivity contribution in [1.29, 1.82) is 0 Å². The highest BCUT2D eigenvalue weighted by atomic mass is 16.3. The molecule has 1 aliphatic rings. The number of carbonyl (C=O) groups is 1. The average molecular weight is 414 g/mol. The Hall–Kier alpha value is -3.96. The molecule has 0 radical (unpaired) electrons. The normalized spacial score (nSPS) is 18.0. The molecule has 1 saturated heterocycles. The molecule has 1 fully saturated rings. The predicted octanol–water partition coefficient (Wildman–Crippen LogP) is 1.67. The number of aryl methyl sites for hydroxylation is 1. The Bertz CT molecular complexity index is 1250. The summed E-state index contributed by atoms with van der Waals surface area (Å²) < 4.78 is 1.56. The lowest BCUT2D eigenvalue weighted by atomic mass is 10.00. The highest BCUT2D eigenvalue weighted by Crippen LogP contribution is 2.29. The van der Waals surface area contributed by atoms with Gasteiger partial charge in [-0.3, -0.25) is 4.79 Å². The maximum absolute atomic E-state index is 11.8. The van der Waals surface area contributed by atoms with Crippen molar-refractivity contribution in [2.24, 2.45) is 5.73 Å². The predicted molar refractivity (Wildman–Crippen MR) is 116 cm³/mol. The molecule has 1 atom stereocenters. The molecule has 1 amide bonds. The number of nitrogens with zero attached hydrogens (tertiary/aromatic N) is 5. The van der Waals surface area contributed by atoms with Gasteiger partial charge in [-0.25, -0.2) is 14.6 Å². The number of aromatic nitrogens is 4. The van der Waals surface area contributed by atoms with Gasteiger partial charge in [0.15, 0.2) is 17.2 Å². The Morgan fingerprint density at radius 2 is 2.10 bits per heavy atom. The van der Waals surface area contributed by atoms with Crippen LogP contribution < -0.4 is 5.73 Å². The fraction of sp³-hybridized carbons (Fsp3) is 0.217. The van der Waals surface area contributed by atoms with E-state index in [0.717, 1.165) is 5.69 Å². The molecule has 31 heavy (non-hydrogen) atoms. The van der Waals surface area contributed by atoms with Crippen molar-refractivity contribution in [2.75, 3.05) is 13.6 Å². The molecule has 8 heteroatoms. The van der Waals surface area contributed by atoms with E-state index in [0.29, 0.717) is 41.4 Å². The van der Waals surface area contributed by atoms with Crippen LogP contribution in [0.3, 0.4) is 0 Å². The van der Waals surface area contributed by atoms with E-state index in [-0.39, 0.29) is 5.69 Å². The average Bonchev–Trinajstić information content (AvgIpc) is 3.31.